The highest BCUT2D eigenvalue weighted by atomic mass is 16.5. The van der Waals surface area contributed by atoms with E-state index < -0.39 is 0 Å². The largest absolute Gasteiger partial charge is 0.462 e. The fourth-order valence-electron chi connectivity index (χ4n) is 2.25. The monoisotopic (exact) mass is 263 g/mol. The molecule has 0 aliphatic carbocycles. The van der Waals surface area contributed by atoms with E-state index in [1.807, 2.05) is 12.1 Å². The summed E-state index contributed by atoms with van der Waals surface area (Å²) in [4.78, 5) is 16.5. The van der Waals surface area contributed by atoms with E-state index in [0.717, 1.165) is 31.9 Å². The molecule has 0 saturated carbocycles. The molecule has 104 valence electrons. The Hall–Kier alpha value is -1.75. The summed E-state index contributed by atoms with van der Waals surface area (Å²) in [7, 11) is 2.10. The maximum Gasteiger partial charge on any atom is 0.340 e. The molecule has 0 radical (unpaired) electrons. The lowest BCUT2D eigenvalue weighted by molar-refractivity contribution is 0.0527. The number of hydrogen-bond donors (Lipinski definition) is 1. The van der Waals surface area contributed by atoms with Crippen molar-refractivity contribution < 1.29 is 9.53 Å². The Balaban J connectivity index is 2.26. The summed E-state index contributed by atoms with van der Waals surface area (Å²) in [5.41, 5.74) is 7.84. The summed E-state index contributed by atoms with van der Waals surface area (Å²) in [6, 6.07) is 5.44. The van der Waals surface area contributed by atoms with Crippen LogP contribution in [0.1, 0.15) is 17.3 Å². The lowest BCUT2D eigenvalue weighted by atomic mass is 10.1. The molecule has 5 heteroatoms. The molecule has 1 aromatic carbocycles. The SMILES string of the molecule is CCOC(=O)c1cc(N)ccc1N1CCN(C)CC1. The number of benzene rings is 1. The van der Waals surface area contributed by atoms with Gasteiger partial charge in [0.15, 0.2) is 0 Å². The molecule has 1 fully saturated rings. The third-order valence-electron chi connectivity index (χ3n) is 3.36. The number of esters is 1. The minimum Gasteiger partial charge on any atom is -0.462 e. The zero-order chi connectivity index (χ0) is 13.8. The highest BCUT2D eigenvalue weighted by molar-refractivity contribution is 5.97. The van der Waals surface area contributed by atoms with Crippen LogP contribution >= 0.6 is 0 Å². The lowest BCUT2D eigenvalue weighted by Crippen LogP contribution is -2.45. The number of anilines is 2. The van der Waals surface area contributed by atoms with Crippen molar-refractivity contribution >= 4 is 17.3 Å². The van der Waals surface area contributed by atoms with Crippen LogP contribution in [0, 0.1) is 0 Å². The molecule has 0 amide bonds. The first-order valence-corrected chi connectivity index (χ1v) is 6.62. The normalized spacial score (nSPS) is 16.4. The Labute approximate surface area is 113 Å². The standard InChI is InChI=1S/C14H21N3O2/c1-3-19-14(18)12-10-11(15)4-5-13(12)17-8-6-16(2)7-9-17/h4-5,10H,3,6-9,15H2,1-2H3. The van der Waals surface area contributed by atoms with Gasteiger partial charge in [-0.25, -0.2) is 4.79 Å². The van der Waals surface area contributed by atoms with Crippen molar-refractivity contribution in [2.75, 3.05) is 50.5 Å². The first-order valence-electron chi connectivity index (χ1n) is 6.62. The van der Waals surface area contributed by atoms with E-state index in [1.165, 1.54) is 0 Å². The zero-order valence-electron chi connectivity index (χ0n) is 11.6. The molecule has 0 bridgehead atoms. The molecular weight excluding hydrogens is 242 g/mol. The maximum absolute atomic E-state index is 12.0. The number of nitrogens with zero attached hydrogens (tertiary/aromatic N) is 2. The Morgan fingerprint density at radius 1 is 1.32 bits per heavy atom. The van der Waals surface area contributed by atoms with Crippen molar-refractivity contribution in [3.63, 3.8) is 0 Å². The molecule has 1 aliphatic rings. The predicted molar refractivity (Wildman–Crippen MR) is 76.5 cm³/mol. The van der Waals surface area contributed by atoms with Crippen molar-refractivity contribution in [1.29, 1.82) is 0 Å². The molecule has 0 spiro atoms. The Kier molecular flexibility index (Phi) is 4.27. The maximum atomic E-state index is 12.0. The fourth-order valence-corrected chi connectivity index (χ4v) is 2.25. The van der Waals surface area contributed by atoms with Gasteiger partial charge in [-0.1, -0.05) is 0 Å². The van der Waals surface area contributed by atoms with Gasteiger partial charge in [-0.2, -0.15) is 0 Å². The van der Waals surface area contributed by atoms with Crippen LogP contribution in [0.5, 0.6) is 0 Å². The van der Waals surface area contributed by atoms with Crippen LogP contribution < -0.4 is 10.6 Å². The summed E-state index contributed by atoms with van der Waals surface area (Å²) in [6.07, 6.45) is 0. The van der Waals surface area contributed by atoms with Gasteiger partial charge in [-0.15, -0.1) is 0 Å². The molecular formula is C14H21N3O2. The van der Waals surface area contributed by atoms with Gasteiger partial charge in [-0.3, -0.25) is 0 Å². The van der Waals surface area contributed by atoms with Crippen LogP contribution in [-0.2, 0) is 4.74 Å². The fraction of sp³-hybridized carbons (Fsp3) is 0.500. The number of likely N-dealkylation sites (N-methyl/N-ethyl adjacent to an activating group) is 1. The quantitative estimate of drug-likeness (QED) is 0.656. The van der Waals surface area contributed by atoms with Crippen LogP contribution in [0.3, 0.4) is 0 Å². The summed E-state index contributed by atoms with van der Waals surface area (Å²) in [6.45, 7) is 5.98. The van der Waals surface area contributed by atoms with E-state index in [4.69, 9.17) is 10.5 Å². The van der Waals surface area contributed by atoms with Crippen molar-refractivity contribution in [2.45, 2.75) is 6.92 Å². The molecule has 5 nitrogen and oxygen atoms in total. The molecule has 0 atom stereocenters. The summed E-state index contributed by atoms with van der Waals surface area (Å²) >= 11 is 0. The van der Waals surface area contributed by atoms with Gasteiger partial charge >= 0.3 is 5.97 Å². The number of carbonyl (C=O) groups is 1. The van der Waals surface area contributed by atoms with Crippen LogP contribution in [-0.4, -0.2) is 50.7 Å². The Bertz CT molecular complexity index is 454. The minimum absolute atomic E-state index is 0.302. The van der Waals surface area contributed by atoms with Gasteiger partial charge in [0.25, 0.3) is 0 Å². The molecule has 2 N–H and O–H groups in total. The van der Waals surface area contributed by atoms with Crippen LogP contribution in [0.15, 0.2) is 18.2 Å². The Morgan fingerprint density at radius 3 is 2.63 bits per heavy atom. The minimum atomic E-state index is -0.302. The second-order valence-corrected chi connectivity index (χ2v) is 4.79. The van der Waals surface area contributed by atoms with E-state index >= 15 is 0 Å². The molecule has 1 aromatic rings. The van der Waals surface area contributed by atoms with Crippen LogP contribution in [0.25, 0.3) is 0 Å². The van der Waals surface area contributed by atoms with Gasteiger partial charge in [0.05, 0.1) is 17.9 Å². The summed E-state index contributed by atoms with van der Waals surface area (Å²) < 4.78 is 5.10. The van der Waals surface area contributed by atoms with Crippen molar-refractivity contribution in [2.24, 2.45) is 0 Å². The van der Waals surface area contributed by atoms with E-state index in [2.05, 4.69) is 16.8 Å². The zero-order valence-corrected chi connectivity index (χ0v) is 11.6. The molecule has 0 unspecified atom stereocenters. The van der Waals surface area contributed by atoms with Gasteiger partial charge in [0.1, 0.15) is 0 Å². The molecule has 1 saturated heterocycles. The number of carbonyl (C=O) groups excluding carboxylic acids is 1. The number of rotatable bonds is 3. The van der Waals surface area contributed by atoms with E-state index in [1.54, 1.807) is 13.0 Å². The summed E-state index contributed by atoms with van der Waals surface area (Å²) in [5, 5.41) is 0. The molecule has 1 aliphatic heterocycles. The average molecular weight is 263 g/mol. The van der Waals surface area contributed by atoms with Crippen molar-refractivity contribution in [3.05, 3.63) is 23.8 Å². The lowest BCUT2D eigenvalue weighted by Gasteiger charge is -2.34. The van der Waals surface area contributed by atoms with Gasteiger partial charge in [0, 0.05) is 31.9 Å². The number of ether oxygens (including phenoxy) is 1. The van der Waals surface area contributed by atoms with E-state index in [9.17, 15) is 4.79 Å². The van der Waals surface area contributed by atoms with Gasteiger partial charge in [-0.05, 0) is 32.2 Å². The number of hydrogen-bond acceptors (Lipinski definition) is 5. The smallest absolute Gasteiger partial charge is 0.340 e. The van der Waals surface area contributed by atoms with Crippen molar-refractivity contribution in [1.82, 2.24) is 4.90 Å². The second-order valence-electron chi connectivity index (χ2n) is 4.79. The second kappa shape index (κ2) is 5.93. The van der Waals surface area contributed by atoms with Crippen molar-refractivity contribution in [3.8, 4) is 0 Å². The summed E-state index contributed by atoms with van der Waals surface area (Å²) in [5.74, 6) is -0.302. The third-order valence-corrected chi connectivity index (χ3v) is 3.36. The average Bonchev–Trinajstić information content (AvgIpc) is 2.40. The molecule has 19 heavy (non-hydrogen) atoms. The molecule has 1 heterocycles. The highest BCUT2D eigenvalue weighted by Gasteiger charge is 2.20. The number of nitrogen functional groups attached to an aromatic ring is 1. The Morgan fingerprint density at radius 2 is 2.00 bits per heavy atom. The van der Waals surface area contributed by atoms with E-state index in [0.29, 0.717) is 17.9 Å². The molecule has 0 aromatic heterocycles. The van der Waals surface area contributed by atoms with Gasteiger partial charge in [0.2, 0.25) is 0 Å². The third kappa shape index (κ3) is 3.17. The van der Waals surface area contributed by atoms with Crippen LogP contribution in [0.2, 0.25) is 0 Å². The topological polar surface area (TPSA) is 58.8 Å². The first kappa shape index (κ1) is 13.7. The number of piperazine rings is 1. The van der Waals surface area contributed by atoms with E-state index in [-0.39, 0.29) is 5.97 Å². The highest BCUT2D eigenvalue weighted by Crippen LogP contribution is 2.25. The predicted octanol–water partition coefficient (Wildman–Crippen LogP) is 1.20. The van der Waals surface area contributed by atoms with Crippen LogP contribution in [0.4, 0.5) is 11.4 Å². The first-order chi connectivity index (χ1) is 9.11. The number of nitrogens with two attached hydrogens (primary N) is 1. The van der Waals surface area contributed by atoms with Gasteiger partial charge < -0.3 is 20.3 Å². The molecule has 2 rings (SSSR count).